The van der Waals surface area contributed by atoms with Gasteiger partial charge in [0.25, 0.3) is 0 Å². The lowest BCUT2D eigenvalue weighted by molar-refractivity contribution is 0.164. The highest BCUT2D eigenvalue weighted by Gasteiger charge is 2.31. The van der Waals surface area contributed by atoms with Gasteiger partial charge in [0, 0.05) is 6.54 Å². The van der Waals surface area contributed by atoms with E-state index < -0.39 is 0 Å². The second-order valence-corrected chi connectivity index (χ2v) is 6.98. The number of rotatable bonds is 6. The largest absolute Gasteiger partial charge is 0.316 e. The summed E-state index contributed by atoms with van der Waals surface area (Å²) in [5, 5.41) is 7.26. The standard InChI is InChI=1S/C15H30N2/c1-12(13-6-7-13)9-17-11-15(2,3)14-5-4-8-16-10-14/h12-14,16-17H,4-11H2,1-3H3. The number of piperidine rings is 1. The molecule has 0 spiro atoms. The zero-order valence-electron chi connectivity index (χ0n) is 11.9. The number of hydrogen-bond donors (Lipinski definition) is 2. The summed E-state index contributed by atoms with van der Waals surface area (Å²) in [6, 6.07) is 0. The lowest BCUT2D eigenvalue weighted by Crippen LogP contribution is -2.44. The summed E-state index contributed by atoms with van der Waals surface area (Å²) in [6.45, 7) is 12.1. The minimum absolute atomic E-state index is 0.441. The molecule has 2 atom stereocenters. The topological polar surface area (TPSA) is 24.1 Å². The lowest BCUT2D eigenvalue weighted by Gasteiger charge is -2.37. The molecule has 1 saturated heterocycles. The van der Waals surface area contributed by atoms with E-state index in [1.165, 1.54) is 51.9 Å². The molecule has 0 aromatic carbocycles. The molecule has 2 nitrogen and oxygen atoms in total. The minimum Gasteiger partial charge on any atom is -0.316 e. The van der Waals surface area contributed by atoms with E-state index in [9.17, 15) is 0 Å². The zero-order chi connectivity index (χ0) is 12.3. The monoisotopic (exact) mass is 238 g/mol. The van der Waals surface area contributed by atoms with Crippen LogP contribution in [0.25, 0.3) is 0 Å². The van der Waals surface area contributed by atoms with Crippen molar-refractivity contribution in [1.82, 2.24) is 10.6 Å². The molecule has 0 amide bonds. The molecule has 100 valence electrons. The van der Waals surface area contributed by atoms with Crippen LogP contribution in [0.4, 0.5) is 0 Å². The van der Waals surface area contributed by atoms with Gasteiger partial charge >= 0.3 is 0 Å². The van der Waals surface area contributed by atoms with Gasteiger partial charge in [-0.1, -0.05) is 20.8 Å². The van der Waals surface area contributed by atoms with Crippen molar-refractivity contribution in [3.8, 4) is 0 Å². The van der Waals surface area contributed by atoms with Gasteiger partial charge in [-0.15, -0.1) is 0 Å². The van der Waals surface area contributed by atoms with Gasteiger partial charge in [-0.05, 0) is 68.5 Å². The first-order valence-electron chi connectivity index (χ1n) is 7.51. The summed E-state index contributed by atoms with van der Waals surface area (Å²) in [4.78, 5) is 0. The first-order valence-corrected chi connectivity index (χ1v) is 7.51. The van der Waals surface area contributed by atoms with Gasteiger partial charge in [0.15, 0.2) is 0 Å². The van der Waals surface area contributed by atoms with E-state index in [-0.39, 0.29) is 0 Å². The molecule has 1 aliphatic carbocycles. The van der Waals surface area contributed by atoms with Gasteiger partial charge in [-0.2, -0.15) is 0 Å². The predicted molar refractivity (Wildman–Crippen MR) is 74.1 cm³/mol. The maximum Gasteiger partial charge on any atom is 0.000576 e. The Kier molecular flexibility index (Phi) is 4.48. The Hall–Kier alpha value is -0.0800. The van der Waals surface area contributed by atoms with E-state index in [1.54, 1.807) is 0 Å². The van der Waals surface area contributed by atoms with Crippen molar-refractivity contribution in [2.75, 3.05) is 26.2 Å². The van der Waals surface area contributed by atoms with Gasteiger partial charge in [-0.3, -0.25) is 0 Å². The van der Waals surface area contributed by atoms with Gasteiger partial charge in [0.2, 0.25) is 0 Å². The molecule has 0 aromatic rings. The molecule has 0 aromatic heterocycles. The molecular formula is C15H30N2. The summed E-state index contributed by atoms with van der Waals surface area (Å²) in [5.41, 5.74) is 0.441. The van der Waals surface area contributed by atoms with Crippen LogP contribution in [0.1, 0.15) is 46.5 Å². The molecule has 2 heteroatoms. The van der Waals surface area contributed by atoms with Crippen molar-refractivity contribution in [1.29, 1.82) is 0 Å². The van der Waals surface area contributed by atoms with E-state index in [2.05, 4.69) is 31.4 Å². The molecule has 2 unspecified atom stereocenters. The highest BCUT2D eigenvalue weighted by Crippen LogP contribution is 2.36. The summed E-state index contributed by atoms with van der Waals surface area (Å²) in [5.74, 6) is 2.76. The number of nitrogens with one attached hydrogen (secondary N) is 2. The summed E-state index contributed by atoms with van der Waals surface area (Å²) in [7, 11) is 0. The second kappa shape index (κ2) is 5.71. The SMILES string of the molecule is CC(CNCC(C)(C)C1CCCNC1)C1CC1. The van der Waals surface area contributed by atoms with Crippen molar-refractivity contribution < 1.29 is 0 Å². The van der Waals surface area contributed by atoms with E-state index in [1.807, 2.05) is 0 Å². The van der Waals surface area contributed by atoms with Gasteiger partial charge in [0.05, 0.1) is 0 Å². The van der Waals surface area contributed by atoms with Gasteiger partial charge in [0.1, 0.15) is 0 Å². The fourth-order valence-electron chi connectivity index (χ4n) is 3.12. The average Bonchev–Trinajstić information content (AvgIpc) is 3.14. The van der Waals surface area contributed by atoms with Crippen molar-refractivity contribution in [3.05, 3.63) is 0 Å². The Balaban J connectivity index is 1.68. The van der Waals surface area contributed by atoms with Gasteiger partial charge < -0.3 is 10.6 Å². The van der Waals surface area contributed by atoms with Crippen LogP contribution in [0.2, 0.25) is 0 Å². The van der Waals surface area contributed by atoms with Crippen molar-refractivity contribution >= 4 is 0 Å². The molecule has 2 aliphatic rings. The van der Waals surface area contributed by atoms with Crippen molar-refractivity contribution in [2.24, 2.45) is 23.2 Å². The average molecular weight is 238 g/mol. The third-order valence-corrected chi connectivity index (χ3v) is 4.88. The van der Waals surface area contributed by atoms with E-state index in [0.717, 1.165) is 17.8 Å². The number of hydrogen-bond acceptors (Lipinski definition) is 2. The normalized spacial score (nSPS) is 28.1. The summed E-state index contributed by atoms with van der Waals surface area (Å²) >= 11 is 0. The third kappa shape index (κ3) is 3.96. The van der Waals surface area contributed by atoms with Crippen LogP contribution in [0.3, 0.4) is 0 Å². The quantitative estimate of drug-likeness (QED) is 0.743. The van der Waals surface area contributed by atoms with E-state index in [4.69, 9.17) is 0 Å². The second-order valence-electron chi connectivity index (χ2n) is 6.98. The fraction of sp³-hybridized carbons (Fsp3) is 1.00. The first kappa shape index (κ1) is 13.4. The molecule has 2 fully saturated rings. The molecule has 2 rings (SSSR count). The molecule has 1 aliphatic heterocycles. The molecule has 0 radical (unpaired) electrons. The maximum atomic E-state index is 3.72. The Morgan fingerprint density at radius 3 is 2.65 bits per heavy atom. The zero-order valence-corrected chi connectivity index (χ0v) is 11.9. The van der Waals surface area contributed by atoms with Crippen LogP contribution in [-0.2, 0) is 0 Å². The molecule has 1 heterocycles. The van der Waals surface area contributed by atoms with E-state index in [0.29, 0.717) is 5.41 Å². The van der Waals surface area contributed by atoms with Crippen molar-refractivity contribution in [3.63, 3.8) is 0 Å². The first-order chi connectivity index (χ1) is 8.09. The van der Waals surface area contributed by atoms with Crippen LogP contribution in [0.5, 0.6) is 0 Å². The molecule has 17 heavy (non-hydrogen) atoms. The molecule has 1 saturated carbocycles. The van der Waals surface area contributed by atoms with Crippen LogP contribution >= 0.6 is 0 Å². The fourth-order valence-corrected chi connectivity index (χ4v) is 3.12. The molecule has 2 N–H and O–H groups in total. The Morgan fingerprint density at radius 1 is 1.29 bits per heavy atom. The highest BCUT2D eigenvalue weighted by molar-refractivity contribution is 4.86. The summed E-state index contributed by atoms with van der Waals surface area (Å²) < 4.78 is 0. The smallest absolute Gasteiger partial charge is 0.000576 e. The highest BCUT2D eigenvalue weighted by atomic mass is 14.9. The van der Waals surface area contributed by atoms with E-state index >= 15 is 0 Å². The van der Waals surface area contributed by atoms with Gasteiger partial charge in [-0.25, -0.2) is 0 Å². The summed E-state index contributed by atoms with van der Waals surface area (Å²) in [6.07, 6.45) is 5.70. The van der Waals surface area contributed by atoms with Crippen LogP contribution < -0.4 is 10.6 Å². The molecule has 0 bridgehead atoms. The Morgan fingerprint density at radius 2 is 2.06 bits per heavy atom. The van der Waals surface area contributed by atoms with Crippen LogP contribution in [0, 0.1) is 23.2 Å². The van der Waals surface area contributed by atoms with Crippen LogP contribution in [-0.4, -0.2) is 26.2 Å². The molecular weight excluding hydrogens is 208 g/mol. The van der Waals surface area contributed by atoms with Crippen LogP contribution in [0.15, 0.2) is 0 Å². The Bertz CT molecular complexity index is 227. The third-order valence-electron chi connectivity index (χ3n) is 4.88. The Labute approximate surface area is 107 Å². The minimum atomic E-state index is 0.441. The maximum absolute atomic E-state index is 3.72. The lowest BCUT2D eigenvalue weighted by atomic mass is 9.75. The predicted octanol–water partition coefficient (Wildman–Crippen LogP) is 2.65. The van der Waals surface area contributed by atoms with Crippen molar-refractivity contribution in [2.45, 2.75) is 46.5 Å².